The number of nitrogens with one attached hydrogen (secondary N) is 1. The Kier molecular flexibility index (Phi) is 5.66. The van der Waals surface area contributed by atoms with Crippen molar-refractivity contribution in [1.29, 1.82) is 0 Å². The van der Waals surface area contributed by atoms with Gasteiger partial charge in [-0.2, -0.15) is 0 Å². The fourth-order valence-corrected chi connectivity index (χ4v) is 4.38. The lowest BCUT2D eigenvalue weighted by Gasteiger charge is -2.26. The summed E-state index contributed by atoms with van der Waals surface area (Å²) in [5.74, 6) is 0.196. The molecule has 6 heteroatoms. The zero-order valence-electron chi connectivity index (χ0n) is 12.2. The van der Waals surface area contributed by atoms with Gasteiger partial charge in [0.1, 0.15) is 0 Å². The Labute approximate surface area is 131 Å². The molecule has 21 heavy (non-hydrogen) atoms. The first-order chi connectivity index (χ1) is 9.92. The quantitative estimate of drug-likeness (QED) is 0.871. The van der Waals surface area contributed by atoms with Crippen LogP contribution in [0.4, 0.5) is 0 Å². The highest BCUT2D eigenvalue weighted by Gasteiger charge is 2.24. The standard InChI is InChI=1S/C15H22ClNO3S/c1-11-13(16)8-5-9-15(11)21(19,20)17-10-14(18)12-6-3-2-4-7-12/h5,8-9,12,14,17-18H,2-4,6-7,10H2,1H3/t14-/m1/s1. The minimum Gasteiger partial charge on any atom is -0.391 e. The summed E-state index contributed by atoms with van der Waals surface area (Å²) >= 11 is 5.96. The molecule has 0 aromatic heterocycles. The minimum atomic E-state index is -3.64. The topological polar surface area (TPSA) is 66.4 Å². The maximum absolute atomic E-state index is 12.3. The number of hydrogen-bond donors (Lipinski definition) is 2. The van der Waals surface area contributed by atoms with Crippen LogP contribution in [0.5, 0.6) is 0 Å². The van der Waals surface area contributed by atoms with Crippen LogP contribution in [0.3, 0.4) is 0 Å². The smallest absolute Gasteiger partial charge is 0.240 e. The number of aliphatic hydroxyl groups is 1. The Bertz CT molecular complexity index is 583. The molecule has 1 atom stereocenters. The molecule has 1 aliphatic carbocycles. The third-order valence-corrected chi connectivity index (χ3v) is 6.16. The summed E-state index contributed by atoms with van der Waals surface area (Å²) in [4.78, 5) is 0.172. The summed E-state index contributed by atoms with van der Waals surface area (Å²) in [6.45, 7) is 1.73. The van der Waals surface area contributed by atoms with Crippen molar-refractivity contribution in [3.63, 3.8) is 0 Å². The van der Waals surface area contributed by atoms with Gasteiger partial charge in [-0.3, -0.25) is 0 Å². The molecule has 1 fully saturated rings. The molecule has 1 aromatic carbocycles. The van der Waals surface area contributed by atoms with Gasteiger partial charge >= 0.3 is 0 Å². The van der Waals surface area contributed by atoms with Gasteiger partial charge in [0.2, 0.25) is 10.0 Å². The van der Waals surface area contributed by atoms with Crippen LogP contribution in [0.2, 0.25) is 5.02 Å². The van der Waals surface area contributed by atoms with Crippen LogP contribution in [0.15, 0.2) is 23.1 Å². The van der Waals surface area contributed by atoms with Crippen molar-refractivity contribution in [1.82, 2.24) is 4.72 Å². The molecule has 0 amide bonds. The van der Waals surface area contributed by atoms with E-state index in [9.17, 15) is 13.5 Å². The average molecular weight is 332 g/mol. The molecule has 0 aliphatic heterocycles. The van der Waals surface area contributed by atoms with Gasteiger partial charge in [0, 0.05) is 11.6 Å². The molecule has 1 saturated carbocycles. The highest BCUT2D eigenvalue weighted by molar-refractivity contribution is 7.89. The Morgan fingerprint density at radius 3 is 2.67 bits per heavy atom. The first-order valence-electron chi connectivity index (χ1n) is 7.34. The van der Waals surface area contributed by atoms with E-state index in [1.807, 2.05) is 0 Å². The molecule has 1 aliphatic rings. The second kappa shape index (κ2) is 7.09. The van der Waals surface area contributed by atoms with E-state index < -0.39 is 16.1 Å². The first kappa shape index (κ1) is 16.7. The molecule has 0 bridgehead atoms. The molecule has 0 unspecified atom stereocenters. The lowest BCUT2D eigenvalue weighted by atomic mass is 9.85. The fourth-order valence-electron chi connectivity index (χ4n) is 2.84. The van der Waals surface area contributed by atoms with Crippen molar-refractivity contribution < 1.29 is 13.5 Å². The second-order valence-corrected chi connectivity index (χ2v) is 7.82. The summed E-state index contributed by atoms with van der Waals surface area (Å²) in [6.07, 6.45) is 4.75. The number of rotatable bonds is 5. The van der Waals surface area contributed by atoms with E-state index in [2.05, 4.69) is 4.72 Å². The molecule has 0 spiro atoms. The maximum Gasteiger partial charge on any atom is 0.240 e. The van der Waals surface area contributed by atoms with E-state index in [1.54, 1.807) is 19.1 Å². The lowest BCUT2D eigenvalue weighted by Crippen LogP contribution is -2.37. The predicted octanol–water partition coefficient (Wildman–Crippen LogP) is 2.87. The maximum atomic E-state index is 12.3. The summed E-state index contributed by atoms with van der Waals surface area (Å²) < 4.78 is 27.1. The number of benzene rings is 1. The fraction of sp³-hybridized carbons (Fsp3) is 0.600. The molecular formula is C15H22ClNO3S. The molecule has 0 heterocycles. The second-order valence-electron chi connectivity index (χ2n) is 5.68. The average Bonchev–Trinajstić information content (AvgIpc) is 2.48. The predicted molar refractivity (Wildman–Crippen MR) is 84.0 cm³/mol. The van der Waals surface area contributed by atoms with Crippen LogP contribution in [-0.4, -0.2) is 26.2 Å². The number of sulfonamides is 1. The Morgan fingerprint density at radius 1 is 1.33 bits per heavy atom. The van der Waals surface area contributed by atoms with E-state index in [0.717, 1.165) is 25.7 Å². The van der Waals surface area contributed by atoms with Gasteiger partial charge in [-0.05, 0) is 43.4 Å². The first-order valence-corrected chi connectivity index (χ1v) is 9.21. The van der Waals surface area contributed by atoms with Crippen molar-refractivity contribution in [2.75, 3.05) is 6.54 Å². The molecule has 4 nitrogen and oxygen atoms in total. The van der Waals surface area contributed by atoms with Crippen LogP contribution in [0.1, 0.15) is 37.7 Å². The largest absolute Gasteiger partial charge is 0.391 e. The molecule has 118 valence electrons. The molecule has 2 N–H and O–H groups in total. The van der Waals surface area contributed by atoms with Gasteiger partial charge < -0.3 is 5.11 Å². The SMILES string of the molecule is Cc1c(Cl)cccc1S(=O)(=O)NC[C@@H](O)C1CCCCC1. The van der Waals surface area contributed by atoms with Crippen molar-refractivity contribution in [3.8, 4) is 0 Å². The van der Waals surface area contributed by atoms with Gasteiger partial charge in [0.15, 0.2) is 0 Å². The third kappa shape index (κ3) is 4.19. The zero-order chi connectivity index (χ0) is 15.5. The number of hydrogen-bond acceptors (Lipinski definition) is 3. The number of halogens is 1. The highest BCUT2D eigenvalue weighted by atomic mass is 35.5. The van der Waals surface area contributed by atoms with E-state index >= 15 is 0 Å². The van der Waals surface area contributed by atoms with Crippen molar-refractivity contribution >= 4 is 21.6 Å². The summed E-state index contributed by atoms with van der Waals surface area (Å²) in [5.41, 5.74) is 0.527. The van der Waals surface area contributed by atoms with Crippen LogP contribution in [0.25, 0.3) is 0 Å². The normalized spacial score (nSPS) is 18.6. The Balaban J connectivity index is 2.02. The zero-order valence-corrected chi connectivity index (χ0v) is 13.8. The van der Waals surface area contributed by atoms with Crippen molar-refractivity contribution in [3.05, 3.63) is 28.8 Å². The van der Waals surface area contributed by atoms with Gasteiger partial charge in [-0.1, -0.05) is 36.9 Å². The monoisotopic (exact) mass is 331 g/mol. The Hall–Kier alpha value is -0.620. The van der Waals surface area contributed by atoms with Crippen molar-refractivity contribution in [2.24, 2.45) is 5.92 Å². The summed E-state index contributed by atoms with van der Waals surface area (Å²) in [5, 5.41) is 10.6. The van der Waals surface area contributed by atoms with Crippen LogP contribution in [-0.2, 0) is 10.0 Å². The molecule has 0 radical (unpaired) electrons. The van der Waals surface area contributed by atoms with E-state index in [1.165, 1.54) is 12.5 Å². The Morgan fingerprint density at radius 2 is 2.00 bits per heavy atom. The van der Waals surface area contributed by atoms with E-state index in [4.69, 9.17) is 11.6 Å². The van der Waals surface area contributed by atoms with E-state index in [0.29, 0.717) is 10.6 Å². The van der Waals surface area contributed by atoms with Crippen LogP contribution < -0.4 is 4.72 Å². The van der Waals surface area contributed by atoms with Crippen molar-refractivity contribution in [2.45, 2.75) is 50.0 Å². The van der Waals surface area contributed by atoms with Crippen LogP contribution >= 0.6 is 11.6 Å². The molecule has 2 rings (SSSR count). The molecular weight excluding hydrogens is 310 g/mol. The summed E-state index contributed by atoms with van der Waals surface area (Å²) in [6, 6.07) is 4.80. The lowest BCUT2D eigenvalue weighted by molar-refractivity contribution is 0.0888. The van der Waals surface area contributed by atoms with Gasteiger partial charge in [-0.15, -0.1) is 0 Å². The van der Waals surface area contributed by atoms with E-state index in [-0.39, 0.29) is 17.4 Å². The van der Waals surface area contributed by atoms with Gasteiger partial charge in [0.25, 0.3) is 0 Å². The summed E-state index contributed by atoms with van der Waals surface area (Å²) in [7, 11) is -3.64. The van der Waals surface area contributed by atoms with Gasteiger partial charge in [-0.25, -0.2) is 13.1 Å². The molecule has 0 saturated heterocycles. The minimum absolute atomic E-state index is 0.0545. The van der Waals surface area contributed by atoms with Crippen LogP contribution in [0, 0.1) is 12.8 Å². The number of aliphatic hydroxyl groups excluding tert-OH is 1. The molecule has 1 aromatic rings. The van der Waals surface area contributed by atoms with Gasteiger partial charge in [0.05, 0.1) is 11.0 Å². The third-order valence-electron chi connectivity index (χ3n) is 4.18. The highest BCUT2D eigenvalue weighted by Crippen LogP contribution is 2.27.